The average molecular weight is 340 g/mol. The quantitative estimate of drug-likeness (QED) is 0.832. The summed E-state index contributed by atoms with van der Waals surface area (Å²) in [5.41, 5.74) is -0.187. The molecular weight excluding hydrogens is 331 g/mol. The van der Waals surface area contributed by atoms with Gasteiger partial charge in [-0.15, -0.1) is 0 Å². The van der Waals surface area contributed by atoms with Crippen LogP contribution >= 0.6 is 11.6 Å². The summed E-state index contributed by atoms with van der Waals surface area (Å²) in [5, 5.41) is 0.721. The SMILES string of the molecule is O=C(N(c1ccccc1Cl)C1C=CS(=O)(=O)C1)C(F)(F)F. The first-order chi connectivity index (χ1) is 9.62. The van der Waals surface area contributed by atoms with Crippen LogP contribution in [0.15, 0.2) is 35.7 Å². The highest BCUT2D eigenvalue weighted by molar-refractivity contribution is 7.94. The summed E-state index contributed by atoms with van der Waals surface area (Å²) in [6.45, 7) is 0. The number of alkyl halides is 3. The van der Waals surface area contributed by atoms with Crippen molar-refractivity contribution in [3.63, 3.8) is 0 Å². The second kappa shape index (κ2) is 5.34. The Morgan fingerprint density at radius 3 is 2.38 bits per heavy atom. The number of hydrogen-bond acceptors (Lipinski definition) is 3. The Balaban J connectivity index is 2.49. The van der Waals surface area contributed by atoms with E-state index in [1.54, 1.807) is 0 Å². The molecule has 1 amide bonds. The van der Waals surface area contributed by atoms with Crippen molar-refractivity contribution in [3.8, 4) is 0 Å². The molecule has 0 aromatic heterocycles. The topological polar surface area (TPSA) is 54.5 Å². The Hall–Kier alpha value is -1.54. The summed E-state index contributed by atoms with van der Waals surface area (Å²) in [4.78, 5) is 12.0. The molecule has 0 saturated heterocycles. The van der Waals surface area contributed by atoms with E-state index in [4.69, 9.17) is 11.6 Å². The van der Waals surface area contributed by atoms with Crippen molar-refractivity contribution in [1.82, 2.24) is 0 Å². The molecule has 1 aliphatic rings. The lowest BCUT2D eigenvalue weighted by Gasteiger charge is -2.29. The molecule has 0 spiro atoms. The smallest absolute Gasteiger partial charge is 0.295 e. The molecule has 114 valence electrons. The van der Waals surface area contributed by atoms with Crippen LogP contribution in [0.4, 0.5) is 18.9 Å². The summed E-state index contributed by atoms with van der Waals surface area (Å²) in [6, 6.07) is 4.20. The Morgan fingerprint density at radius 2 is 1.90 bits per heavy atom. The number of rotatable bonds is 2. The van der Waals surface area contributed by atoms with E-state index in [-0.39, 0.29) is 10.7 Å². The third-order valence-electron chi connectivity index (χ3n) is 2.82. The average Bonchev–Trinajstić information content (AvgIpc) is 2.71. The summed E-state index contributed by atoms with van der Waals surface area (Å²) in [7, 11) is -3.63. The molecule has 1 unspecified atom stereocenters. The Bertz CT molecular complexity index is 700. The first kappa shape index (κ1) is 15.8. The summed E-state index contributed by atoms with van der Waals surface area (Å²) in [6.07, 6.45) is -4.10. The van der Waals surface area contributed by atoms with Crippen molar-refractivity contribution in [1.29, 1.82) is 0 Å². The molecule has 4 nitrogen and oxygen atoms in total. The fourth-order valence-electron chi connectivity index (χ4n) is 1.94. The van der Waals surface area contributed by atoms with Crippen LogP contribution in [0.5, 0.6) is 0 Å². The van der Waals surface area contributed by atoms with Gasteiger partial charge in [0.2, 0.25) is 0 Å². The van der Waals surface area contributed by atoms with Gasteiger partial charge in [0, 0.05) is 5.41 Å². The van der Waals surface area contributed by atoms with Crippen LogP contribution < -0.4 is 4.90 Å². The Morgan fingerprint density at radius 1 is 1.29 bits per heavy atom. The molecule has 0 radical (unpaired) electrons. The van der Waals surface area contributed by atoms with Crippen molar-refractivity contribution >= 4 is 33.0 Å². The van der Waals surface area contributed by atoms with Gasteiger partial charge in [-0.1, -0.05) is 23.7 Å². The second-order valence-electron chi connectivity index (χ2n) is 4.35. The van der Waals surface area contributed by atoms with E-state index in [0.717, 1.165) is 11.5 Å². The van der Waals surface area contributed by atoms with Crippen molar-refractivity contribution in [2.24, 2.45) is 0 Å². The Labute approximate surface area is 123 Å². The van der Waals surface area contributed by atoms with Crippen LogP contribution in [0.1, 0.15) is 0 Å². The Kier molecular flexibility index (Phi) is 4.03. The van der Waals surface area contributed by atoms with Crippen LogP contribution in [-0.4, -0.2) is 32.3 Å². The van der Waals surface area contributed by atoms with E-state index in [0.29, 0.717) is 4.90 Å². The number of para-hydroxylation sites is 1. The highest BCUT2D eigenvalue weighted by Crippen LogP contribution is 2.33. The molecule has 1 heterocycles. The largest absolute Gasteiger partial charge is 0.471 e. The number of halogens is 4. The predicted molar refractivity (Wildman–Crippen MR) is 71.7 cm³/mol. The number of nitrogens with zero attached hydrogens (tertiary/aromatic N) is 1. The second-order valence-corrected chi connectivity index (χ2v) is 6.69. The number of amides is 1. The van der Waals surface area contributed by atoms with Crippen molar-refractivity contribution in [2.45, 2.75) is 12.2 Å². The van der Waals surface area contributed by atoms with E-state index in [2.05, 4.69) is 0 Å². The molecule has 0 saturated carbocycles. The third-order valence-corrected chi connectivity index (χ3v) is 4.51. The first-order valence-electron chi connectivity index (χ1n) is 5.68. The fourth-order valence-corrected chi connectivity index (χ4v) is 3.44. The van der Waals surface area contributed by atoms with Crippen molar-refractivity contribution in [3.05, 3.63) is 40.8 Å². The van der Waals surface area contributed by atoms with Crippen LogP contribution in [0.25, 0.3) is 0 Å². The van der Waals surface area contributed by atoms with Gasteiger partial charge >= 0.3 is 12.1 Å². The molecule has 21 heavy (non-hydrogen) atoms. The zero-order chi connectivity index (χ0) is 15.8. The summed E-state index contributed by atoms with van der Waals surface area (Å²) in [5.74, 6) is -2.78. The molecule has 9 heteroatoms. The van der Waals surface area contributed by atoms with Crippen LogP contribution in [0.3, 0.4) is 0 Å². The zero-order valence-electron chi connectivity index (χ0n) is 10.3. The fraction of sp³-hybridized carbons (Fsp3) is 0.250. The maximum Gasteiger partial charge on any atom is 0.471 e. The summed E-state index contributed by atoms with van der Waals surface area (Å²) >= 11 is 5.83. The number of carbonyl (C=O) groups excluding carboxylic acids is 1. The van der Waals surface area contributed by atoms with Gasteiger partial charge in [0.1, 0.15) is 0 Å². The van der Waals surface area contributed by atoms with Crippen LogP contribution in [0, 0.1) is 0 Å². The maximum absolute atomic E-state index is 12.8. The standard InChI is InChI=1S/C12H9ClF3NO3S/c13-9-3-1-2-4-10(9)17(11(18)12(14,15)16)8-5-6-21(19,20)7-8/h1-6,8H,7H2. The minimum Gasteiger partial charge on any atom is -0.295 e. The third kappa shape index (κ3) is 3.38. The normalized spacial score (nSPS) is 20.5. The first-order valence-corrected chi connectivity index (χ1v) is 7.77. The van der Waals surface area contributed by atoms with E-state index < -0.39 is 33.7 Å². The van der Waals surface area contributed by atoms with Gasteiger partial charge in [0.25, 0.3) is 0 Å². The predicted octanol–water partition coefficient (Wildman–Crippen LogP) is 2.55. The molecule has 1 aromatic rings. The molecule has 1 aromatic carbocycles. The minimum atomic E-state index is -5.14. The lowest BCUT2D eigenvalue weighted by Crippen LogP contribution is -2.48. The van der Waals surface area contributed by atoms with Crippen molar-refractivity contribution in [2.75, 3.05) is 10.7 Å². The molecular formula is C12H9ClF3NO3S. The molecule has 1 aliphatic heterocycles. The molecule has 0 aliphatic carbocycles. The van der Waals surface area contributed by atoms with E-state index >= 15 is 0 Å². The van der Waals surface area contributed by atoms with Gasteiger partial charge in [-0.25, -0.2) is 8.42 Å². The molecule has 0 bridgehead atoms. The zero-order valence-corrected chi connectivity index (χ0v) is 11.9. The number of hydrogen-bond donors (Lipinski definition) is 0. The van der Waals surface area contributed by atoms with Gasteiger partial charge in [-0.2, -0.15) is 13.2 Å². The molecule has 2 rings (SSSR count). The van der Waals surface area contributed by atoms with Crippen LogP contribution in [0.2, 0.25) is 5.02 Å². The number of carbonyl (C=O) groups is 1. The van der Waals surface area contributed by atoms with Gasteiger partial charge in [-0.05, 0) is 18.2 Å². The minimum absolute atomic E-state index is 0.0761. The lowest BCUT2D eigenvalue weighted by atomic mass is 10.2. The van der Waals surface area contributed by atoms with Gasteiger partial charge in [0.05, 0.1) is 22.5 Å². The summed E-state index contributed by atoms with van der Waals surface area (Å²) < 4.78 is 61.1. The number of benzene rings is 1. The lowest BCUT2D eigenvalue weighted by molar-refractivity contribution is -0.170. The van der Waals surface area contributed by atoms with Crippen LogP contribution in [-0.2, 0) is 14.6 Å². The van der Waals surface area contributed by atoms with E-state index in [1.807, 2.05) is 0 Å². The molecule has 1 atom stereocenters. The van der Waals surface area contributed by atoms with E-state index in [9.17, 15) is 26.4 Å². The molecule has 0 N–H and O–H groups in total. The number of sulfone groups is 1. The van der Waals surface area contributed by atoms with Gasteiger partial charge < -0.3 is 0 Å². The number of anilines is 1. The van der Waals surface area contributed by atoms with Gasteiger partial charge in [-0.3, -0.25) is 9.69 Å². The highest BCUT2D eigenvalue weighted by atomic mass is 35.5. The molecule has 0 fully saturated rings. The van der Waals surface area contributed by atoms with Crippen molar-refractivity contribution < 1.29 is 26.4 Å². The highest BCUT2D eigenvalue weighted by Gasteiger charge is 2.46. The van der Waals surface area contributed by atoms with Gasteiger partial charge in [0.15, 0.2) is 9.84 Å². The maximum atomic E-state index is 12.8. The van der Waals surface area contributed by atoms with E-state index in [1.165, 1.54) is 24.3 Å². The monoisotopic (exact) mass is 339 g/mol.